The van der Waals surface area contributed by atoms with Crippen LogP contribution in [0.25, 0.3) is 20.7 Å². The van der Waals surface area contributed by atoms with E-state index in [1.54, 1.807) is 24.5 Å². The number of benzene rings is 2. The van der Waals surface area contributed by atoms with Gasteiger partial charge >= 0.3 is 0 Å². The quantitative estimate of drug-likeness (QED) is 0.0367. The molecule has 2 aliphatic rings. The number of ether oxygens (including phenoxy) is 2. The summed E-state index contributed by atoms with van der Waals surface area (Å²) in [5.41, 5.74) is 11.1. The number of nitrogens with zero attached hydrogens (tertiary/aromatic N) is 10. The number of hydrogen-bond acceptors (Lipinski definition) is 21. The predicted octanol–water partition coefficient (Wildman–Crippen LogP) is 11.0. The van der Waals surface area contributed by atoms with Crippen molar-refractivity contribution in [2.24, 2.45) is 0 Å². The van der Waals surface area contributed by atoms with Gasteiger partial charge < -0.3 is 41.8 Å². The molecular weight excluding hydrogens is 1070 g/mol. The Morgan fingerprint density at radius 2 is 1.14 bits per heavy atom. The topological polar surface area (TPSA) is 236 Å². The van der Waals surface area contributed by atoms with Crippen LogP contribution in [-0.2, 0) is 9.47 Å². The number of nitrogens with one attached hydrogen (secondary N) is 5. The number of pyridine rings is 4. The highest BCUT2D eigenvalue weighted by Crippen LogP contribution is 2.38. The smallest absolute Gasteiger partial charge is 0.189 e. The van der Waals surface area contributed by atoms with Crippen molar-refractivity contribution < 1.29 is 18.3 Å². The maximum atomic E-state index is 13.6. The van der Waals surface area contributed by atoms with Crippen molar-refractivity contribution in [1.29, 1.82) is 10.5 Å². The zero-order valence-electron chi connectivity index (χ0n) is 41.1. The summed E-state index contributed by atoms with van der Waals surface area (Å²) in [7, 11) is 0. The van der Waals surface area contributed by atoms with E-state index in [1.165, 1.54) is 71.1 Å². The molecule has 6 aromatic heterocycles. The second-order valence-electron chi connectivity index (χ2n) is 16.8. The van der Waals surface area contributed by atoms with Crippen LogP contribution in [-0.4, -0.2) is 125 Å². The number of hydrogen-bond donors (Lipinski definition) is 6. The Bertz CT molecular complexity index is 3280. The molecular formula is C51H52Cl2F2N16O2S3. The van der Waals surface area contributed by atoms with Gasteiger partial charge in [-0.3, -0.25) is 9.80 Å². The predicted molar refractivity (Wildman–Crippen MR) is 302 cm³/mol. The molecule has 0 bridgehead atoms. The van der Waals surface area contributed by atoms with Gasteiger partial charge in [0.2, 0.25) is 0 Å². The normalized spacial score (nSPS) is 13.6. The van der Waals surface area contributed by atoms with Gasteiger partial charge in [0, 0.05) is 63.0 Å². The van der Waals surface area contributed by atoms with Crippen molar-refractivity contribution in [3.63, 3.8) is 0 Å². The number of thiazole rings is 2. The summed E-state index contributed by atoms with van der Waals surface area (Å²) in [6.07, 6.45) is 10.4. The third-order valence-electron chi connectivity index (χ3n) is 11.5. The summed E-state index contributed by atoms with van der Waals surface area (Å²) in [5, 5.41) is 35.7. The summed E-state index contributed by atoms with van der Waals surface area (Å²) in [5.74, 6) is 0.692. The van der Waals surface area contributed by atoms with E-state index in [4.69, 9.17) is 38.4 Å². The minimum absolute atomic E-state index is 0.0111. The van der Waals surface area contributed by atoms with Crippen molar-refractivity contribution in [2.45, 2.75) is 17.2 Å². The lowest BCUT2D eigenvalue weighted by molar-refractivity contribution is 0.0378. The average molecular weight is 1130 g/mol. The molecule has 0 aliphatic carbocycles. The van der Waals surface area contributed by atoms with Gasteiger partial charge in [0.15, 0.2) is 20.8 Å². The van der Waals surface area contributed by atoms with E-state index in [0.717, 1.165) is 118 Å². The summed E-state index contributed by atoms with van der Waals surface area (Å²) < 4.78 is 39.8. The first-order valence-corrected chi connectivity index (χ1v) is 27.6. The highest BCUT2D eigenvalue weighted by molar-refractivity contribution is 8.00. The zero-order chi connectivity index (χ0) is 53.2. The van der Waals surface area contributed by atoms with Gasteiger partial charge in [-0.2, -0.15) is 15.5 Å². The first kappa shape index (κ1) is 55.5. The van der Waals surface area contributed by atoms with Gasteiger partial charge in [0.1, 0.15) is 40.1 Å². The van der Waals surface area contributed by atoms with E-state index in [9.17, 15) is 19.3 Å². The monoisotopic (exact) mass is 1120 g/mol. The number of nitrogens with two attached hydrogens (primary N) is 1. The Labute approximate surface area is 460 Å². The molecule has 0 spiro atoms. The molecule has 2 aliphatic heterocycles. The van der Waals surface area contributed by atoms with Crippen LogP contribution >= 0.6 is 57.6 Å². The fraction of sp³-hybridized carbons (Fsp3) is 0.294. The number of nitrogen functional groups attached to an aromatic ring is 1. The maximum Gasteiger partial charge on any atom is 0.189 e. The zero-order valence-corrected chi connectivity index (χ0v) is 45.0. The largest absolute Gasteiger partial charge is 0.397 e. The summed E-state index contributed by atoms with van der Waals surface area (Å²) in [4.78, 5) is 30.9. The fourth-order valence-corrected chi connectivity index (χ4v) is 10.4. The number of fused-ring (bicyclic) bond motifs is 2. The van der Waals surface area contributed by atoms with Crippen LogP contribution in [0.2, 0.25) is 10.0 Å². The van der Waals surface area contributed by atoms with Gasteiger partial charge in [0.25, 0.3) is 0 Å². The lowest BCUT2D eigenvalue weighted by atomic mass is 10.2. The highest BCUT2D eigenvalue weighted by atomic mass is 35.5. The molecule has 7 N–H and O–H groups in total. The number of morpholine rings is 2. The fourth-order valence-electron chi connectivity index (χ4n) is 7.62. The van der Waals surface area contributed by atoms with E-state index >= 15 is 0 Å². The molecule has 394 valence electrons. The van der Waals surface area contributed by atoms with Crippen LogP contribution in [0.5, 0.6) is 0 Å². The third-order valence-corrected chi connectivity index (χ3v) is 15.1. The minimum Gasteiger partial charge on any atom is -0.397 e. The number of halogens is 4. The molecule has 76 heavy (non-hydrogen) atoms. The Hall–Kier alpha value is -6.77. The number of nitriles is 2. The Balaban J connectivity index is 0.000000166. The first-order chi connectivity index (χ1) is 37.0. The Kier molecular flexibility index (Phi) is 20.3. The van der Waals surface area contributed by atoms with Crippen LogP contribution in [0.3, 0.4) is 0 Å². The molecule has 2 saturated heterocycles. The van der Waals surface area contributed by atoms with Crippen LogP contribution < -0.4 is 32.3 Å². The molecule has 2 aromatic carbocycles. The van der Waals surface area contributed by atoms with E-state index in [0.29, 0.717) is 60.7 Å². The van der Waals surface area contributed by atoms with Crippen molar-refractivity contribution in [3.8, 4) is 12.1 Å². The van der Waals surface area contributed by atoms with Crippen LogP contribution in [0.15, 0.2) is 89.8 Å². The molecule has 18 nitrogen and oxygen atoms in total. The summed E-state index contributed by atoms with van der Waals surface area (Å²) in [6.45, 7) is 11.4. The molecule has 10 rings (SSSR count). The lowest BCUT2D eigenvalue weighted by Gasteiger charge is -2.26. The number of anilines is 9. The van der Waals surface area contributed by atoms with Crippen molar-refractivity contribution >= 4 is 129 Å². The number of thioether (sulfide) groups is 1. The number of rotatable bonds is 17. The number of aromatic nitrogens is 6. The van der Waals surface area contributed by atoms with Crippen molar-refractivity contribution in [1.82, 2.24) is 39.7 Å². The average Bonchev–Trinajstić information content (AvgIpc) is 4.08. The summed E-state index contributed by atoms with van der Waals surface area (Å²) >= 11 is 16.0. The minimum atomic E-state index is -0.514. The lowest BCUT2D eigenvalue weighted by Crippen LogP contribution is -2.37. The van der Waals surface area contributed by atoms with Gasteiger partial charge in [-0.1, -0.05) is 46.3 Å². The standard InChI is InChI=1S/C25H24ClFN8OS.C14H8ClFN4S2.C12H20N4O/c26-19-12-17(2-4-20(19)27)32-22-16(13-28)14-31-24-23(22)37-25(34-24)33-18-3-5-21(30-15-18)29-6-1-7-35-8-10-36-11-9-35;1-21-14-20-13-12(22-14)11(7(5-17)6-18-13)19-8-2-3-10(16)9(15)4-8;13-11-2-3-12(15-10-11)14-4-1-5-16-6-8-17-9-7-16/h2-5,12,14-15H,1,6-11H2,(H,29,30)(H2,31,32,33,34);2-4,6H,1H3,(H,18,19);2-3,10H,1,4-9,13H2,(H,14,15). The van der Waals surface area contributed by atoms with Gasteiger partial charge in [-0.05, 0) is 92.9 Å². The van der Waals surface area contributed by atoms with Crippen molar-refractivity contribution in [3.05, 3.63) is 118 Å². The Morgan fingerprint density at radius 3 is 1.62 bits per heavy atom. The van der Waals surface area contributed by atoms with Crippen LogP contribution in [0, 0.1) is 34.3 Å². The SMILES string of the molecule is CSc1nc2ncc(C#N)c(Nc3ccc(F)c(Cl)c3)c2s1.N#Cc1cnc2nc(Nc3ccc(NCCCN4CCOCC4)nc3)sc2c1Nc1ccc(F)c(Cl)c1.Nc1ccc(NCCCN2CCOCC2)nc1. The molecule has 0 saturated carbocycles. The molecule has 8 aromatic rings. The molecule has 0 unspecified atom stereocenters. The van der Waals surface area contributed by atoms with E-state index in [1.807, 2.05) is 30.5 Å². The molecule has 0 amide bonds. The highest BCUT2D eigenvalue weighted by Gasteiger charge is 2.18. The first-order valence-electron chi connectivity index (χ1n) is 24.0. The second-order valence-corrected chi connectivity index (χ2v) is 20.7. The second kappa shape index (κ2) is 27.8. The van der Waals surface area contributed by atoms with E-state index in [2.05, 4.69) is 78.4 Å². The van der Waals surface area contributed by atoms with Gasteiger partial charge in [0.05, 0.1) is 87.4 Å². The van der Waals surface area contributed by atoms with E-state index in [-0.39, 0.29) is 10.0 Å². The van der Waals surface area contributed by atoms with Crippen molar-refractivity contribution in [2.75, 3.05) is 117 Å². The molecule has 8 heterocycles. The molecule has 25 heteroatoms. The van der Waals surface area contributed by atoms with Gasteiger partial charge in [-0.15, -0.1) is 11.3 Å². The van der Waals surface area contributed by atoms with E-state index < -0.39 is 11.6 Å². The third kappa shape index (κ3) is 15.7. The molecule has 0 radical (unpaired) electrons. The van der Waals surface area contributed by atoms with Crippen LogP contribution in [0.4, 0.5) is 59.7 Å². The van der Waals surface area contributed by atoms with Crippen LogP contribution in [0.1, 0.15) is 24.0 Å². The summed E-state index contributed by atoms with van der Waals surface area (Å²) in [6, 6.07) is 20.4. The maximum absolute atomic E-state index is 13.6. The molecule has 2 fully saturated rings. The molecule has 0 atom stereocenters. The van der Waals surface area contributed by atoms with Gasteiger partial charge in [-0.25, -0.2) is 33.7 Å². The Morgan fingerprint density at radius 1 is 0.645 bits per heavy atom.